The molecule has 4 rings (SSSR count). The summed E-state index contributed by atoms with van der Waals surface area (Å²) in [6, 6.07) is 9.88. The van der Waals surface area contributed by atoms with Crippen molar-refractivity contribution in [2.45, 2.75) is 37.1 Å². The number of sulfonamides is 3. The molecule has 0 amide bonds. The van der Waals surface area contributed by atoms with Crippen molar-refractivity contribution in [2.75, 3.05) is 42.7 Å². The van der Waals surface area contributed by atoms with Crippen LogP contribution in [-0.4, -0.2) is 80.2 Å². The SMILES string of the molecule is CC(C)CCC1(NS(=O)(=O)CCN(C)C)C(=O)C(C2=NS(=O)(=O)c3cc(NS(C)(=O)=O)ccc3N2)C(=O)c2ccccc21. The molecule has 1 aliphatic carbocycles. The molecule has 2 aliphatic rings. The molecule has 0 radical (unpaired) electrons. The molecule has 0 saturated heterocycles. The average Bonchev–Trinajstić information content (AvgIpc) is 2.88. The van der Waals surface area contributed by atoms with Crippen molar-refractivity contribution >= 4 is 58.8 Å². The van der Waals surface area contributed by atoms with Crippen molar-refractivity contribution in [3.63, 3.8) is 0 Å². The Morgan fingerprint density at radius 1 is 1.07 bits per heavy atom. The molecule has 0 fully saturated rings. The number of rotatable bonds is 11. The van der Waals surface area contributed by atoms with Crippen LogP contribution in [0.5, 0.6) is 0 Å². The van der Waals surface area contributed by atoms with E-state index in [2.05, 4.69) is 19.2 Å². The van der Waals surface area contributed by atoms with Gasteiger partial charge in [-0.05, 0) is 56.6 Å². The van der Waals surface area contributed by atoms with Gasteiger partial charge in [0.1, 0.15) is 22.2 Å². The number of anilines is 2. The van der Waals surface area contributed by atoms with Crippen molar-refractivity contribution in [3.8, 4) is 0 Å². The molecule has 2 atom stereocenters. The van der Waals surface area contributed by atoms with E-state index >= 15 is 0 Å². The van der Waals surface area contributed by atoms with Gasteiger partial charge in [-0.15, -0.1) is 4.40 Å². The third-order valence-electron chi connectivity index (χ3n) is 7.15. The molecular weight excluding hydrogens is 619 g/mol. The number of ketones is 2. The van der Waals surface area contributed by atoms with E-state index in [0.29, 0.717) is 6.42 Å². The minimum absolute atomic E-state index is 0.0165. The Hall–Kier alpha value is -3.18. The quantitative estimate of drug-likeness (QED) is 0.302. The van der Waals surface area contributed by atoms with Gasteiger partial charge in [0.2, 0.25) is 20.0 Å². The van der Waals surface area contributed by atoms with Gasteiger partial charge in [0, 0.05) is 17.8 Å². The molecule has 43 heavy (non-hydrogen) atoms. The van der Waals surface area contributed by atoms with Gasteiger partial charge < -0.3 is 10.2 Å². The third kappa shape index (κ3) is 6.98. The maximum Gasteiger partial charge on any atom is 0.286 e. The first-order valence-electron chi connectivity index (χ1n) is 13.4. The van der Waals surface area contributed by atoms with Crippen LogP contribution in [0.25, 0.3) is 0 Å². The molecule has 13 nitrogen and oxygen atoms in total. The summed E-state index contributed by atoms with van der Waals surface area (Å²) in [6.07, 6.45) is 1.34. The van der Waals surface area contributed by atoms with E-state index in [4.69, 9.17) is 0 Å². The van der Waals surface area contributed by atoms with Crippen LogP contribution in [0.4, 0.5) is 11.4 Å². The van der Waals surface area contributed by atoms with E-state index in [1.165, 1.54) is 24.3 Å². The Morgan fingerprint density at radius 2 is 1.74 bits per heavy atom. The van der Waals surface area contributed by atoms with Gasteiger partial charge in [-0.25, -0.2) is 16.8 Å². The predicted octanol–water partition coefficient (Wildman–Crippen LogP) is 1.77. The van der Waals surface area contributed by atoms with Gasteiger partial charge >= 0.3 is 0 Å². The van der Waals surface area contributed by atoms with E-state index in [-0.39, 0.29) is 52.0 Å². The van der Waals surface area contributed by atoms with Crippen molar-refractivity contribution in [1.82, 2.24) is 9.62 Å². The first kappa shape index (κ1) is 32.7. The summed E-state index contributed by atoms with van der Waals surface area (Å²) in [5.41, 5.74) is -1.65. The number of amidine groups is 1. The van der Waals surface area contributed by atoms with Crippen LogP contribution in [0.3, 0.4) is 0 Å². The van der Waals surface area contributed by atoms with Gasteiger partial charge in [0.15, 0.2) is 11.6 Å². The van der Waals surface area contributed by atoms with E-state index in [1.54, 1.807) is 31.1 Å². The Kier molecular flexibility index (Phi) is 8.92. The summed E-state index contributed by atoms with van der Waals surface area (Å²) in [7, 11) is -8.88. The lowest BCUT2D eigenvalue weighted by Gasteiger charge is -2.41. The maximum atomic E-state index is 14.5. The summed E-state index contributed by atoms with van der Waals surface area (Å²) in [4.78, 5) is 29.7. The number of carbonyl (C=O) groups is 2. The normalized spacial score (nSPS) is 21.7. The first-order valence-corrected chi connectivity index (χ1v) is 18.4. The van der Waals surface area contributed by atoms with Crippen molar-refractivity contribution in [1.29, 1.82) is 0 Å². The summed E-state index contributed by atoms with van der Waals surface area (Å²) < 4.78 is 85.4. The monoisotopic (exact) mass is 653 g/mol. The lowest BCUT2D eigenvalue weighted by Crippen LogP contribution is -2.61. The summed E-state index contributed by atoms with van der Waals surface area (Å²) in [5, 5.41) is 2.78. The molecule has 2 aromatic rings. The maximum absolute atomic E-state index is 14.5. The summed E-state index contributed by atoms with van der Waals surface area (Å²) >= 11 is 0. The molecule has 1 aliphatic heterocycles. The third-order valence-corrected chi connectivity index (χ3v) is 10.5. The minimum Gasteiger partial charge on any atom is -0.341 e. The predicted molar refractivity (Wildman–Crippen MR) is 164 cm³/mol. The molecule has 0 saturated carbocycles. The second-order valence-electron chi connectivity index (χ2n) is 11.4. The van der Waals surface area contributed by atoms with Crippen LogP contribution in [0.1, 0.15) is 42.6 Å². The molecule has 2 aromatic carbocycles. The number of hydrogen-bond acceptors (Lipinski definition) is 10. The average molecular weight is 654 g/mol. The van der Waals surface area contributed by atoms with Crippen molar-refractivity contribution in [2.24, 2.45) is 16.2 Å². The second-order valence-corrected chi connectivity index (χ2v) is 16.6. The number of fused-ring (bicyclic) bond motifs is 2. The van der Waals surface area contributed by atoms with Crippen LogP contribution >= 0.6 is 0 Å². The van der Waals surface area contributed by atoms with Gasteiger partial charge in [-0.2, -0.15) is 13.1 Å². The fourth-order valence-corrected chi connectivity index (χ4v) is 8.38. The highest BCUT2D eigenvalue weighted by Crippen LogP contribution is 2.42. The number of hydrogen-bond donors (Lipinski definition) is 3. The van der Waals surface area contributed by atoms with Crippen molar-refractivity contribution in [3.05, 3.63) is 53.6 Å². The van der Waals surface area contributed by atoms with Crippen LogP contribution in [0, 0.1) is 11.8 Å². The number of benzene rings is 2. The lowest BCUT2D eigenvalue weighted by molar-refractivity contribution is -0.126. The van der Waals surface area contributed by atoms with E-state index in [1.807, 2.05) is 13.8 Å². The largest absolute Gasteiger partial charge is 0.341 e. The van der Waals surface area contributed by atoms with Crippen LogP contribution < -0.4 is 14.8 Å². The minimum atomic E-state index is -4.52. The van der Waals surface area contributed by atoms with Crippen LogP contribution in [0.15, 0.2) is 51.8 Å². The molecular formula is C27H35N5O8S3. The van der Waals surface area contributed by atoms with Gasteiger partial charge in [0.25, 0.3) is 10.0 Å². The molecule has 0 bridgehead atoms. The highest BCUT2D eigenvalue weighted by molar-refractivity contribution is 7.92. The molecule has 0 aromatic heterocycles. The van der Waals surface area contributed by atoms with Gasteiger partial charge in [-0.3, -0.25) is 14.3 Å². The van der Waals surface area contributed by atoms with E-state index in [0.717, 1.165) is 12.3 Å². The smallest absolute Gasteiger partial charge is 0.286 e. The molecule has 1 heterocycles. The number of nitrogens with one attached hydrogen (secondary N) is 3. The summed E-state index contributed by atoms with van der Waals surface area (Å²) in [5.74, 6) is -4.06. The van der Waals surface area contributed by atoms with E-state index < -0.39 is 58.9 Å². The number of nitrogens with zero attached hydrogens (tertiary/aromatic N) is 2. The number of Topliss-reactive ketones (excluding diaryl/α,β-unsaturated/α-hetero) is 2. The Morgan fingerprint density at radius 3 is 2.37 bits per heavy atom. The van der Waals surface area contributed by atoms with Crippen LogP contribution in [0.2, 0.25) is 0 Å². The lowest BCUT2D eigenvalue weighted by atomic mass is 9.67. The van der Waals surface area contributed by atoms with Crippen molar-refractivity contribution < 1.29 is 34.8 Å². The number of carbonyl (C=O) groups excluding carboxylic acids is 2. The molecule has 16 heteroatoms. The zero-order valence-corrected chi connectivity index (χ0v) is 26.9. The molecule has 0 spiro atoms. The first-order chi connectivity index (χ1) is 19.9. The van der Waals surface area contributed by atoms with Gasteiger partial charge in [0.05, 0.1) is 17.7 Å². The fraction of sp³-hybridized carbons (Fsp3) is 0.444. The summed E-state index contributed by atoms with van der Waals surface area (Å²) in [6.45, 7) is 4.01. The van der Waals surface area contributed by atoms with E-state index in [9.17, 15) is 34.8 Å². The molecule has 234 valence electrons. The van der Waals surface area contributed by atoms with Crippen LogP contribution in [-0.2, 0) is 40.4 Å². The molecule has 3 N–H and O–H groups in total. The fourth-order valence-electron chi connectivity index (χ4n) is 5.09. The highest BCUT2D eigenvalue weighted by atomic mass is 32.2. The highest BCUT2D eigenvalue weighted by Gasteiger charge is 2.55. The standard InChI is InChI=1S/C27H35N5O8S3/c1-17(2)12-13-27(31-42(37,38)15-14-32(3)4)20-9-7-6-8-19(20)24(33)23(25(27)34)26-28-21-11-10-18(29-41(5,35)36)16-22(21)43(39,40)30-26/h6-11,16-17,23,29,31H,12-15H2,1-5H3,(H,28,30). The molecule has 2 unspecified atom stereocenters. The Bertz CT molecular complexity index is 1820. The zero-order valence-electron chi connectivity index (χ0n) is 24.4. The zero-order chi connectivity index (χ0) is 32.0. The topological polar surface area (TPSA) is 188 Å². The Balaban J connectivity index is 1.86. The van der Waals surface area contributed by atoms with Gasteiger partial charge in [-0.1, -0.05) is 38.1 Å². The Labute approximate surface area is 252 Å². The second kappa shape index (κ2) is 11.7.